The van der Waals surface area contributed by atoms with Crippen molar-refractivity contribution in [3.63, 3.8) is 0 Å². The molecule has 7 heteroatoms. The number of aromatic nitrogens is 2. The van der Waals surface area contributed by atoms with Crippen molar-refractivity contribution in [3.05, 3.63) is 59.8 Å². The smallest absolute Gasteiger partial charge is 0.227 e. The van der Waals surface area contributed by atoms with Gasteiger partial charge < -0.3 is 19.3 Å². The molecule has 0 aliphatic rings. The molecule has 3 aromatic rings. The first-order chi connectivity index (χ1) is 17.0. The Bertz CT molecular complexity index is 1050. The van der Waals surface area contributed by atoms with Crippen LogP contribution in [0.2, 0.25) is 0 Å². The van der Waals surface area contributed by atoms with E-state index in [-0.39, 0.29) is 6.10 Å². The highest BCUT2D eigenvalue weighted by molar-refractivity contribution is 5.48. The largest absolute Gasteiger partial charge is 0.497 e. The van der Waals surface area contributed by atoms with Gasteiger partial charge in [0, 0.05) is 13.1 Å². The predicted molar refractivity (Wildman–Crippen MR) is 139 cm³/mol. The van der Waals surface area contributed by atoms with Crippen LogP contribution in [0, 0.1) is 0 Å². The Kier molecular flexibility index (Phi) is 9.99. The van der Waals surface area contributed by atoms with Gasteiger partial charge in [-0.2, -0.15) is 5.10 Å². The summed E-state index contributed by atoms with van der Waals surface area (Å²) in [7, 11) is 3.29. The fourth-order valence-electron chi connectivity index (χ4n) is 4.23. The molecule has 0 aliphatic heterocycles. The molecule has 1 atom stereocenters. The number of aliphatic hydroxyl groups is 1. The third-order valence-corrected chi connectivity index (χ3v) is 5.96. The van der Waals surface area contributed by atoms with Crippen LogP contribution in [-0.2, 0) is 13.0 Å². The molecule has 3 rings (SSSR count). The van der Waals surface area contributed by atoms with Crippen molar-refractivity contribution in [2.75, 3.05) is 27.3 Å². The van der Waals surface area contributed by atoms with E-state index in [4.69, 9.17) is 19.3 Å². The molecular weight excluding hydrogens is 442 g/mol. The van der Waals surface area contributed by atoms with Crippen LogP contribution in [0.5, 0.6) is 23.1 Å². The maximum Gasteiger partial charge on any atom is 0.227 e. The summed E-state index contributed by atoms with van der Waals surface area (Å²) in [4.78, 5) is 2.30. The summed E-state index contributed by atoms with van der Waals surface area (Å²) < 4.78 is 19.3. The Morgan fingerprint density at radius 1 is 0.943 bits per heavy atom. The first-order valence-electron chi connectivity index (χ1n) is 12.5. The molecule has 0 aliphatic carbocycles. The van der Waals surface area contributed by atoms with E-state index in [1.807, 2.05) is 53.2 Å². The molecule has 0 radical (unpaired) electrons. The predicted octanol–water partition coefficient (Wildman–Crippen LogP) is 5.62. The Labute approximate surface area is 209 Å². The van der Waals surface area contributed by atoms with Gasteiger partial charge >= 0.3 is 0 Å². The summed E-state index contributed by atoms with van der Waals surface area (Å²) in [5, 5.41) is 15.5. The Morgan fingerprint density at radius 2 is 1.66 bits per heavy atom. The number of methoxy groups -OCH3 is 2. The van der Waals surface area contributed by atoms with Crippen molar-refractivity contribution in [3.8, 4) is 28.8 Å². The number of rotatable bonds is 14. The molecule has 35 heavy (non-hydrogen) atoms. The lowest BCUT2D eigenvalue weighted by molar-refractivity contribution is 0.100. The molecule has 1 N–H and O–H groups in total. The average molecular weight is 482 g/mol. The van der Waals surface area contributed by atoms with E-state index in [1.165, 1.54) is 0 Å². The maximum absolute atomic E-state index is 10.5. The number of aliphatic hydroxyl groups excluding tert-OH is 1. The minimum absolute atomic E-state index is 0.355. The molecule has 0 bridgehead atoms. The molecule has 0 saturated heterocycles. The zero-order chi connectivity index (χ0) is 25.2. The number of ether oxygens (including phenoxy) is 3. The Balaban J connectivity index is 2.08. The lowest BCUT2D eigenvalue weighted by atomic mass is 10.1. The molecule has 7 nitrogen and oxygen atoms in total. The van der Waals surface area contributed by atoms with Crippen LogP contribution in [0.1, 0.15) is 51.3 Å². The highest BCUT2D eigenvalue weighted by Gasteiger charge is 2.24. The molecule has 2 aromatic carbocycles. The van der Waals surface area contributed by atoms with Crippen LogP contribution in [0.4, 0.5) is 0 Å². The first-order valence-corrected chi connectivity index (χ1v) is 12.5. The lowest BCUT2D eigenvalue weighted by Gasteiger charge is -2.25. The molecule has 0 fully saturated rings. The number of hydrogen-bond donors (Lipinski definition) is 1. The zero-order valence-corrected chi connectivity index (χ0v) is 21.7. The van der Waals surface area contributed by atoms with Gasteiger partial charge in [0.25, 0.3) is 0 Å². The highest BCUT2D eigenvalue weighted by atomic mass is 16.5. The number of aryl methyl sites for hydroxylation is 1. The Hall–Kier alpha value is -3.03. The van der Waals surface area contributed by atoms with Gasteiger partial charge in [-0.15, -0.1) is 0 Å². The van der Waals surface area contributed by atoms with Crippen LogP contribution in [-0.4, -0.2) is 53.2 Å². The van der Waals surface area contributed by atoms with Gasteiger partial charge in [-0.25, -0.2) is 4.68 Å². The van der Waals surface area contributed by atoms with Crippen LogP contribution < -0.4 is 14.2 Å². The van der Waals surface area contributed by atoms with E-state index >= 15 is 0 Å². The second-order valence-corrected chi connectivity index (χ2v) is 8.62. The standard InChI is InChI=1S/C28H39N3O4/c1-6-11-22(32)19-30(18-7-2)20-24-25(8-3)29-31(21-14-16-23(33-4)17-15-21)28(24)35-27-13-10-9-12-26(27)34-5/h9-10,12-17,22,32H,6-8,11,18-20H2,1-5H3/t22-/m0/s1. The summed E-state index contributed by atoms with van der Waals surface area (Å²) in [6, 6.07) is 15.4. The Morgan fingerprint density at radius 3 is 2.26 bits per heavy atom. The number of hydrogen-bond acceptors (Lipinski definition) is 6. The lowest BCUT2D eigenvalue weighted by Crippen LogP contribution is -2.33. The van der Waals surface area contributed by atoms with Crippen LogP contribution >= 0.6 is 0 Å². The van der Waals surface area contributed by atoms with E-state index in [2.05, 4.69) is 25.7 Å². The second kappa shape index (κ2) is 13.2. The third-order valence-electron chi connectivity index (χ3n) is 5.96. The summed E-state index contributed by atoms with van der Waals surface area (Å²) in [5.74, 6) is 2.72. The van der Waals surface area contributed by atoms with Gasteiger partial charge in [0.15, 0.2) is 11.5 Å². The van der Waals surface area contributed by atoms with Gasteiger partial charge in [0.1, 0.15) is 5.75 Å². The van der Waals surface area contributed by atoms with Crippen molar-refractivity contribution in [1.82, 2.24) is 14.7 Å². The summed E-state index contributed by atoms with van der Waals surface area (Å²) in [5.41, 5.74) is 2.87. The minimum atomic E-state index is -0.355. The normalized spacial score (nSPS) is 12.1. The fourth-order valence-corrected chi connectivity index (χ4v) is 4.23. The zero-order valence-electron chi connectivity index (χ0n) is 21.7. The third kappa shape index (κ3) is 6.77. The van der Waals surface area contributed by atoms with E-state index in [1.54, 1.807) is 14.2 Å². The van der Waals surface area contributed by atoms with Crippen molar-refractivity contribution in [1.29, 1.82) is 0 Å². The highest BCUT2D eigenvalue weighted by Crippen LogP contribution is 2.36. The van der Waals surface area contributed by atoms with Gasteiger partial charge in [-0.05, 0) is 62.2 Å². The molecular formula is C28H39N3O4. The summed E-state index contributed by atoms with van der Waals surface area (Å²) in [6.07, 6.45) is 3.15. The van der Waals surface area contributed by atoms with Crippen molar-refractivity contribution >= 4 is 0 Å². The maximum atomic E-state index is 10.5. The second-order valence-electron chi connectivity index (χ2n) is 8.62. The average Bonchev–Trinajstić information content (AvgIpc) is 3.21. The van der Waals surface area contributed by atoms with Crippen molar-refractivity contribution < 1.29 is 19.3 Å². The van der Waals surface area contributed by atoms with Gasteiger partial charge in [0.2, 0.25) is 5.88 Å². The van der Waals surface area contributed by atoms with E-state index in [9.17, 15) is 5.11 Å². The molecule has 1 heterocycles. The number of nitrogens with zero attached hydrogens (tertiary/aromatic N) is 3. The molecule has 0 amide bonds. The monoisotopic (exact) mass is 481 g/mol. The molecule has 0 spiro atoms. The minimum Gasteiger partial charge on any atom is -0.497 e. The van der Waals surface area contributed by atoms with E-state index in [0.29, 0.717) is 30.5 Å². The van der Waals surface area contributed by atoms with E-state index in [0.717, 1.165) is 54.9 Å². The summed E-state index contributed by atoms with van der Waals surface area (Å²) in [6.45, 7) is 8.50. The first kappa shape index (κ1) is 26.6. The fraction of sp³-hybridized carbons (Fsp3) is 0.464. The number of benzene rings is 2. The molecule has 0 saturated carbocycles. The SMILES string of the molecule is CCC[C@H](O)CN(CCC)Cc1c(CC)nn(-c2ccc(OC)cc2)c1Oc1ccccc1OC. The molecule has 1 aromatic heterocycles. The molecule has 0 unspecified atom stereocenters. The van der Waals surface area contributed by atoms with Gasteiger partial charge in [0.05, 0.1) is 37.3 Å². The quantitative estimate of drug-likeness (QED) is 0.322. The van der Waals surface area contributed by atoms with Crippen LogP contribution in [0.3, 0.4) is 0 Å². The molecule has 190 valence electrons. The summed E-state index contributed by atoms with van der Waals surface area (Å²) >= 11 is 0. The number of para-hydroxylation sites is 2. The van der Waals surface area contributed by atoms with Gasteiger partial charge in [-0.1, -0.05) is 39.3 Å². The van der Waals surface area contributed by atoms with Crippen molar-refractivity contribution in [2.45, 2.75) is 59.1 Å². The van der Waals surface area contributed by atoms with Gasteiger partial charge in [-0.3, -0.25) is 4.90 Å². The van der Waals surface area contributed by atoms with E-state index < -0.39 is 0 Å². The van der Waals surface area contributed by atoms with Crippen LogP contribution in [0.25, 0.3) is 5.69 Å². The topological polar surface area (TPSA) is 69.0 Å². The van der Waals surface area contributed by atoms with Crippen LogP contribution in [0.15, 0.2) is 48.5 Å². The van der Waals surface area contributed by atoms with Crippen molar-refractivity contribution in [2.24, 2.45) is 0 Å².